The number of nitrogens with two attached hydrogens (primary N) is 1. The summed E-state index contributed by atoms with van der Waals surface area (Å²) in [7, 11) is 0. The van der Waals surface area contributed by atoms with Crippen LogP contribution in [-0.2, 0) is 4.74 Å². The Labute approximate surface area is 93.0 Å². The van der Waals surface area contributed by atoms with Gasteiger partial charge in [-0.25, -0.2) is 0 Å². The van der Waals surface area contributed by atoms with Crippen LogP contribution in [0.2, 0.25) is 0 Å². The summed E-state index contributed by atoms with van der Waals surface area (Å²) in [5.74, 6) is 0. The second-order valence-electron chi connectivity index (χ2n) is 5.56. The molecule has 3 nitrogen and oxygen atoms in total. The summed E-state index contributed by atoms with van der Waals surface area (Å²) in [5, 5.41) is 0. The van der Waals surface area contributed by atoms with E-state index in [2.05, 4.69) is 18.7 Å². The first-order valence-electron chi connectivity index (χ1n) is 6.22. The molecule has 2 rings (SSSR count). The van der Waals surface area contributed by atoms with E-state index in [1.165, 1.54) is 25.8 Å². The fourth-order valence-electron chi connectivity index (χ4n) is 2.84. The fraction of sp³-hybridized carbons (Fsp3) is 1.00. The number of ether oxygens (including phenoxy) is 1. The zero-order chi connectivity index (χ0) is 10.9. The van der Waals surface area contributed by atoms with E-state index in [4.69, 9.17) is 10.5 Å². The molecule has 0 aliphatic carbocycles. The summed E-state index contributed by atoms with van der Waals surface area (Å²) in [4.78, 5) is 2.58. The van der Waals surface area contributed by atoms with E-state index in [1.807, 2.05) is 0 Å². The molecule has 88 valence electrons. The average Bonchev–Trinajstić information content (AvgIpc) is 2.75. The molecule has 2 fully saturated rings. The number of hydrogen-bond acceptors (Lipinski definition) is 3. The highest BCUT2D eigenvalue weighted by molar-refractivity contribution is 4.90. The van der Waals surface area contributed by atoms with Gasteiger partial charge < -0.3 is 10.5 Å². The lowest BCUT2D eigenvalue weighted by Crippen LogP contribution is -2.42. The van der Waals surface area contributed by atoms with E-state index in [0.29, 0.717) is 24.3 Å². The Kier molecular flexibility index (Phi) is 3.33. The van der Waals surface area contributed by atoms with Crippen LogP contribution in [-0.4, -0.2) is 42.3 Å². The van der Waals surface area contributed by atoms with Gasteiger partial charge in [0.1, 0.15) is 0 Å². The Hall–Kier alpha value is -0.120. The molecule has 3 heteroatoms. The van der Waals surface area contributed by atoms with Gasteiger partial charge in [0, 0.05) is 18.6 Å². The van der Waals surface area contributed by atoms with Crippen molar-refractivity contribution < 1.29 is 4.74 Å². The van der Waals surface area contributed by atoms with Crippen molar-refractivity contribution in [1.82, 2.24) is 4.90 Å². The number of rotatable bonds is 3. The predicted molar refractivity (Wildman–Crippen MR) is 61.8 cm³/mol. The van der Waals surface area contributed by atoms with Gasteiger partial charge in [-0.1, -0.05) is 0 Å². The summed E-state index contributed by atoms with van der Waals surface area (Å²) in [5.41, 5.74) is 6.00. The number of hydrogen-bond donors (Lipinski definition) is 1. The average molecular weight is 212 g/mol. The van der Waals surface area contributed by atoms with Crippen LogP contribution in [0.5, 0.6) is 0 Å². The highest BCUT2D eigenvalue weighted by Gasteiger charge is 2.35. The molecule has 0 spiro atoms. The molecule has 2 saturated heterocycles. The van der Waals surface area contributed by atoms with Crippen molar-refractivity contribution in [2.75, 3.05) is 19.6 Å². The molecule has 0 saturated carbocycles. The minimum atomic E-state index is 0.320. The third-order valence-electron chi connectivity index (χ3n) is 3.96. The van der Waals surface area contributed by atoms with Crippen LogP contribution in [0.1, 0.15) is 39.5 Å². The minimum Gasteiger partial charge on any atom is -0.372 e. The van der Waals surface area contributed by atoms with Gasteiger partial charge in [-0.3, -0.25) is 4.90 Å². The molecule has 0 radical (unpaired) electrons. The molecule has 0 amide bonds. The van der Waals surface area contributed by atoms with Crippen molar-refractivity contribution in [2.45, 2.75) is 57.3 Å². The van der Waals surface area contributed by atoms with Crippen molar-refractivity contribution >= 4 is 0 Å². The van der Waals surface area contributed by atoms with Gasteiger partial charge in [-0.2, -0.15) is 0 Å². The molecule has 2 atom stereocenters. The maximum Gasteiger partial charge on any atom is 0.0707 e. The summed E-state index contributed by atoms with van der Waals surface area (Å²) in [6.45, 7) is 7.70. The second kappa shape index (κ2) is 4.40. The van der Waals surface area contributed by atoms with Crippen LogP contribution in [0.3, 0.4) is 0 Å². The van der Waals surface area contributed by atoms with Gasteiger partial charge >= 0.3 is 0 Å². The molecule has 0 aromatic heterocycles. The molecule has 2 unspecified atom stereocenters. The molecule has 0 aromatic carbocycles. The Morgan fingerprint density at radius 1 is 1.33 bits per heavy atom. The molecule has 15 heavy (non-hydrogen) atoms. The van der Waals surface area contributed by atoms with Crippen LogP contribution < -0.4 is 5.73 Å². The lowest BCUT2D eigenvalue weighted by molar-refractivity contribution is 0.0141. The van der Waals surface area contributed by atoms with Crippen molar-refractivity contribution in [1.29, 1.82) is 0 Å². The van der Waals surface area contributed by atoms with E-state index in [9.17, 15) is 0 Å². The quantitative estimate of drug-likeness (QED) is 0.768. The van der Waals surface area contributed by atoms with Gasteiger partial charge in [0.2, 0.25) is 0 Å². The highest BCUT2D eigenvalue weighted by atomic mass is 16.5. The molecule has 0 aromatic rings. The van der Waals surface area contributed by atoms with Gasteiger partial charge in [0.25, 0.3) is 0 Å². The maximum atomic E-state index is 5.90. The smallest absolute Gasteiger partial charge is 0.0707 e. The maximum absolute atomic E-state index is 5.90. The SMILES string of the molecule is CC1(C)CCCN1CC1CCC(CN)O1. The van der Waals surface area contributed by atoms with Gasteiger partial charge in [0.05, 0.1) is 12.2 Å². The third kappa shape index (κ3) is 2.52. The Bertz CT molecular complexity index is 218. The molecule has 0 bridgehead atoms. The monoisotopic (exact) mass is 212 g/mol. The summed E-state index contributed by atoms with van der Waals surface area (Å²) < 4.78 is 5.90. The summed E-state index contributed by atoms with van der Waals surface area (Å²) >= 11 is 0. The molecular weight excluding hydrogens is 188 g/mol. The van der Waals surface area contributed by atoms with Crippen molar-refractivity contribution in [3.8, 4) is 0 Å². The summed E-state index contributed by atoms with van der Waals surface area (Å²) in [6, 6.07) is 0. The second-order valence-corrected chi connectivity index (χ2v) is 5.56. The van der Waals surface area contributed by atoms with Crippen molar-refractivity contribution in [2.24, 2.45) is 5.73 Å². The Morgan fingerprint density at radius 2 is 2.07 bits per heavy atom. The lowest BCUT2D eigenvalue weighted by atomic mass is 10.0. The third-order valence-corrected chi connectivity index (χ3v) is 3.96. The molecular formula is C12H24N2O. The van der Waals surface area contributed by atoms with Gasteiger partial charge in [-0.15, -0.1) is 0 Å². The van der Waals surface area contributed by atoms with E-state index in [-0.39, 0.29) is 0 Å². The number of likely N-dealkylation sites (tertiary alicyclic amines) is 1. The van der Waals surface area contributed by atoms with Gasteiger partial charge in [0.15, 0.2) is 0 Å². The summed E-state index contributed by atoms with van der Waals surface area (Å²) in [6.07, 6.45) is 5.74. The zero-order valence-corrected chi connectivity index (χ0v) is 10.0. The Balaban J connectivity index is 1.82. The van der Waals surface area contributed by atoms with Crippen molar-refractivity contribution in [3.05, 3.63) is 0 Å². The van der Waals surface area contributed by atoms with E-state index < -0.39 is 0 Å². The van der Waals surface area contributed by atoms with E-state index in [0.717, 1.165) is 13.0 Å². The first kappa shape index (κ1) is 11.4. The van der Waals surface area contributed by atoms with Crippen molar-refractivity contribution in [3.63, 3.8) is 0 Å². The fourth-order valence-corrected chi connectivity index (χ4v) is 2.84. The zero-order valence-electron chi connectivity index (χ0n) is 10.0. The standard InChI is InChI=1S/C12H24N2O/c1-12(2)6-3-7-14(12)9-11-5-4-10(8-13)15-11/h10-11H,3-9,13H2,1-2H3. The van der Waals surface area contributed by atoms with Crippen LogP contribution in [0, 0.1) is 0 Å². The number of nitrogens with zero attached hydrogens (tertiary/aromatic N) is 1. The van der Waals surface area contributed by atoms with Crippen LogP contribution in [0.15, 0.2) is 0 Å². The Morgan fingerprint density at radius 3 is 2.60 bits per heavy atom. The minimum absolute atomic E-state index is 0.320. The van der Waals surface area contributed by atoms with E-state index >= 15 is 0 Å². The molecule has 2 aliphatic rings. The highest BCUT2D eigenvalue weighted by Crippen LogP contribution is 2.30. The van der Waals surface area contributed by atoms with Gasteiger partial charge in [-0.05, 0) is 46.1 Å². The van der Waals surface area contributed by atoms with E-state index in [1.54, 1.807) is 0 Å². The predicted octanol–water partition coefficient (Wildman–Crippen LogP) is 1.37. The first-order chi connectivity index (χ1) is 7.12. The molecule has 2 aliphatic heterocycles. The topological polar surface area (TPSA) is 38.5 Å². The molecule has 2 heterocycles. The van der Waals surface area contributed by atoms with Crippen LogP contribution in [0.25, 0.3) is 0 Å². The first-order valence-corrected chi connectivity index (χ1v) is 6.22. The lowest BCUT2D eigenvalue weighted by Gasteiger charge is -2.33. The van der Waals surface area contributed by atoms with Crippen LogP contribution >= 0.6 is 0 Å². The van der Waals surface area contributed by atoms with Crippen LogP contribution in [0.4, 0.5) is 0 Å². The molecule has 2 N–H and O–H groups in total. The largest absolute Gasteiger partial charge is 0.372 e. The normalized spacial score (nSPS) is 36.2.